The fourth-order valence-corrected chi connectivity index (χ4v) is 3.17. The average Bonchev–Trinajstić information content (AvgIpc) is 3.01. The third-order valence-corrected chi connectivity index (χ3v) is 4.72. The molecule has 2 aromatic rings. The Labute approximate surface area is 169 Å². The van der Waals surface area contributed by atoms with Crippen LogP contribution in [0.3, 0.4) is 0 Å². The maximum Gasteiger partial charge on any atom is 0.325 e. The van der Waals surface area contributed by atoms with Gasteiger partial charge in [0.2, 0.25) is 5.91 Å². The van der Waals surface area contributed by atoms with Crippen LogP contribution < -0.4 is 15.4 Å². The number of aromatic nitrogens is 1. The second kappa shape index (κ2) is 9.68. The van der Waals surface area contributed by atoms with Gasteiger partial charge in [-0.3, -0.25) is 19.5 Å². The molecule has 0 bridgehead atoms. The van der Waals surface area contributed by atoms with Crippen LogP contribution in [0, 0.1) is 0 Å². The summed E-state index contributed by atoms with van der Waals surface area (Å²) < 4.78 is 5.27. The second-order valence-electron chi connectivity index (χ2n) is 6.70. The molecule has 1 aliphatic rings. The Hall–Kier alpha value is -3.42. The van der Waals surface area contributed by atoms with E-state index in [2.05, 4.69) is 15.6 Å². The number of nitrogens with zero attached hydrogens (tertiary/aromatic N) is 2. The van der Waals surface area contributed by atoms with E-state index in [1.165, 1.54) is 0 Å². The van der Waals surface area contributed by atoms with Crippen molar-refractivity contribution in [2.24, 2.45) is 0 Å². The van der Waals surface area contributed by atoms with E-state index < -0.39 is 12.1 Å². The zero-order valence-electron chi connectivity index (χ0n) is 16.3. The standard InChI is InChI=1S/C21H24N4O4/c1-29-18-8-3-2-6-15(18)14-25-20(27)17(24-21(25)28)9-10-19(26)23-13-11-16-7-4-5-12-22-16/h2-8,12,17H,9-11,13-14H2,1H3,(H,23,26)(H,24,28)/t17-/m0/s1. The highest BCUT2D eigenvalue weighted by Gasteiger charge is 2.38. The van der Waals surface area contributed by atoms with Gasteiger partial charge in [-0.2, -0.15) is 0 Å². The molecule has 0 spiro atoms. The predicted octanol–water partition coefficient (Wildman–Crippen LogP) is 1.65. The van der Waals surface area contributed by atoms with Gasteiger partial charge in [-0.05, 0) is 24.6 Å². The summed E-state index contributed by atoms with van der Waals surface area (Å²) in [5.74, 6) is 0.122. The van der Waals surface area contributed by atoms with Gasteiger partial charge in [-0.1, -0.05) is 24.3 Å². The van der Waals surface area contributed by atoms with E-state index in [-0.39, 0.29) is 31.2 Å². The summed E-state index contributed by atoms with van der Waals surface area (Å²) in [5.41, 5.74) is 1.64. The van der Waals surface area contributed by atoms with E-state index in [4.69, 9.17) is 4.74 Å². The maximum absolute atomic E-state index is 12.6. The van der Waals surface area contributed by atoms with Crippen molar-refractivity contribution in [1.82, 2.24) is 20.5 Å². The van der Waals surface area contributed by atoms with Crippen molar-refractivity contribution >= 4 is 17.8 Å². The molecule has 152 valence electrons. The summed E-state index contributed by atoms with van der Waals surface area (Å²) in [6.07, 6.45) is 2.75. The number of ether oxygens (including phenoxy) is 1. The highest BCUT2D eigenvalue weighted by atomic mass is 16.5. The highest BCUT2D eigenvalue weighted by molar-refractivity contribution is 6.04. The number of hydrogen-bond acceptors (Lipinski definition) is 5. The Bertz CT molecular complexity index is 872. The fraction of sp³-hybridized carbons (Fsp3) is 0.333. The molecule has 2 N–H and O–H groups in total. The Morgan fingerprint density at radius 2 is 2.00 bits per heavy atom. The summed E-state index contributed by atoms with van der Waals surface area (Å²) >= 11 is 0. The van der Waals surface area contributed by atoms with Gasteiger partial charge in [-0.15, -0.1) is 0 Å². The minimum atomic E-state index is -0.696. The van der Waals surface area contributed by atoms with Crippen LogP contribution in [0.5, 0.6) is 5.75 Å². The van der Waals surface area contributed by atoms with Gasteiger partial charge in [-0.25, -0.2) is 4.79 Å². The molecule has 8 heteroatoms. The van der Waals surface area contributed by atoms with Gasteiger partial charge in [0.25, 0.3) is 5.91 Å². The number of carbonyl (C=O) groups excluding carboxylic acids is 3. The SMILES string of the molecule is COc1ccccc1CN1C(=O)N[C@@H](CCC(=O)NCCc2ccccn2)C1=O. The first kappa shape index (κ1) is 20.3. The Morgan fingerprint density at radius 3 is 2.76 bits per heavy atom. The molecule has 29 heavy (non-hydrogen) atoms. The topological polar surface area (TPSA) is 101 Å². The molecule has 1 aromatic carbocycles. The van der Waals surface area contributed by atoms with Crippen LogP contribution in [0.15, 0.2) is 48.7 Å². The first-order valence-corrected chi connectivity index (χ1v) is 9.49. The van der Waals surface area contributed by atoms with Crippen LogP contribution in [-0.4, -0.2) is 47.4 Å². The van der Waals surface area contributed by atoms with Crippen molar-refractivity contribution in [3.05, 3.63) is 59.9 Å². The second-order valence-corrected chi connectivity index (χ2v) is 6.70. The van der Waals surface area contributed by atoms with E-state index in [1.807, 2.05) is 36.4 Å². The van der Waals surface area contributed by atoms with E-state index in [0.29, 0.717) is 18.7 Å². The third-order valence-electron chi connectivity index (χ3n) is 4.72. The van der Waals surface area contributed by atoms with Gasteiger partial charge < -0.3 is 15.4 Å². The molecule has 0 radical (unpaired) electrons. The summed E-state index contributed by atoms with van der Waals surface area (Å²) in [6, 6.07) is 11.7. The van der Waals surface area contributed by atoms with Crippen molar-refractivity contribution < 1.29 is 19.1 Å². The lowest BCUT2D eigenvalue weighted by Crippen LogP contribution is -2.33. The molecular weight excluding hydrogens is 372 g/mol. The lowest BCUT2D eigenvalue weighted by molar-refractivity contribution is -0.128. The van der Waals surface area contributed by atoms with E-state index in [1.54, 1.807) is 19.4 Å². The zero-order valence-corrected chi connectivity index (χ0v) is 16.3. The number of carbonyl (C=O) groups is 3. The first-order valence-electron chi connectivity index (χ1n) is 9.49. The van der Waals surface area contributed by atoms with Crippen molar-refractivity contribution in [2.45, 2.75) is 31.8 Å². The molecule has 3 rings (SSSR count). The van der Waals surface area contributed by atoms with Gasteiger partial charge in [0.1, 0.15) is 11.8 Å². The molecule has 8 nitrogen and oxygen atoms in total. The molecular formula is C21H24N4O4. The number of methoxy groups -OCH3 is 1. The van der Waals surface area contributed by atoms with E-state index >= 15 is 0 Å². The number of rotatable bonds is 9. The number of hydrogen-bond donors (Lipinski definition) is 2. The predicted molar refractivity (Wildman–Crippen MR) is 106 cm³/mol. The number of imide groups is 1. The summed E-state index contributed by atoms with van der Waals surface area (Å²) in [4.78, 5) is 42.2. The average molecular weight is 396 g/mol. The Morgan fingerprint density at radius 1 is 1.21 bits per heavy atom. The molecule has 1 fully saturated rings. The summed E-state index contributed by atoms with van der Waals surface area (Å²) in [5, 5.41) is 5.47. The summed E-state index contributed by atoms with van der Waals surface area (Å²) in [6.45, 7) is 0.599. The lowest BCUT2D eigenvalue weighted by atomic mass is 10.1. The molecule has 0 saturated carbocycles. The van der Waals surface area contributed by atoms with Crippen molar-refractivity contribution in [3.8, 4) is 5.75 Å². The number of benzene rings is 1. The van der Waals surface area contributed by atoms with Crippen molar-refractivity contribution in [3.63, 3.8) is 0 Å². The molecule has 1 atom stereocenters. The van der Waals surface area contributed by atoms with Crippen LogP contribution in [0.25, 0.3) is 0 Å². The number of pyridine rings is 1. The Balaban J connectivity index is 1.46. The summed E-state index contributed by atoms with van der Waals surface area (Å²) in [7, 11) is 1.54. The maximum atomic E-state index is 12.6. The molecule has 1 saturated heterocycles. The van der Waals surface area contributed by atoms with Crippen molar-refractivity contribution in [1.29, 1.82) is 0 Å². The smallest absolute Gasteiger partial charge is 0.325 e. The molecule has 4 amide bonds. The monoisotopic (exact) mass is 396 g/mol. The van der Waals surface area contributed by atoms with Gasteiger partial charge in [0.05, 0.1) is 13.7 Å². The quantitative estimate of drug-likeness (QED) is 0.628. The number of amides is 4. The minimum absolute atomic E-state index is 0.126. The minimum Gasteiger partial charge on any atom is -0.496 e. The highest BCUT2D eigenvalue weighted by Crippen LogP contribution is 2.22. The molecule has 1 aliphatic heterocycles. The van der Waals surface area contributed by atoms with Crippen LogP contribution >= 0.6 is 0 Å². The van der Waals surface area contributed by atoms with Crippen LogP contribution in [0.4, 0.5) is 4.79 Å². The van der Waals surface area contributed by atoms with Gasteiger partial charge in [0.15, 0.2) is 0 Å². The molecule has 0 unspecified atom stereocenters. The van der Waals surface area contributed by atoms with Crippen LogP contribution in [0.1, 0.15) is 24.1 Å². The van der Waals surface area contributed by atoms with Crippen molar-refractivity contribution in [2.75, 3.05) is 13.7 Å². The number of para-hydroxylation sites is 1. The van der Waals surface area contributed by atoms with Gasteiger partial charge >= 0.3 is 6.03 Å². The molecule has 1 aromatic heterocycles. The normalized spacial score (nSPS) is 15.9. The van der Waals surface area contributed by atoms with Crippen LogP contribution in [0.2, 0.25) is 0 Å². The fourth-order valence-electron chi connectivity index (χ4n) is 3.17. The third kappa shape index (κ3) is 5.31. The Kier molecular flexibility index (Phi) is 6.78. The van der Waals surface area contributed by atoms with Crippen LogP contribution in [-0.2, 0) is 22.6 Å². The largest absolute Gasteiger partial charge is 0.496 e. The number of urea groups is 1. The van der Waals surface area contributed by atoms with E-state index in [0.717, 1.165) is 16.2 Å². The molecule has 2 heterocycles. The molecule has 0 aliphatic carbocycles. The van der Waals surface area contributed by atoms with E-state index in [9.17, 15) is 14.4 Å². The zero-order chi connectivity index (χ0) is 20.6. The first-order chi connectivity index (χ1) is 14.1. The van der Waals surface area contributed by atoms with Gasteiger partial charge in [0, 0.05) is 36.8 Å². The number of nitrogens with one attached hydrogen (secondary N) is 2. The lowest BCUT2D eigenvalue weighted by Gasteiger charge is -2.15.